The molecule has 1 saturated carbocycles. The molecule has 0 spiro atoms. The highest BCUT2D eigenvalue weighted by Gasteiger charge is 2.24. The molecule has 1 aliphatic rings. The molecule has 1 fully saturated rings. The van der Waals surface area contributed by atoms with Gasteiger partial charge >= 0.3 is 6.01 Å². The average molecular weight is 210 g/mol. The van der Waals surface area contributed by atoms with E-state index in [2.05, 4.69) is 20.5 Å². The van der Waals surface area contributed by atoms with Crippen LogP contribution in [0.4, 0.5) is 5.95 Å². The van der Waals surface area contributed by atoms with Crippen LogP contribution < -0.4 is 10.1 Å². The molecule has 15 heavy (non-hydrogen) atoms. The molecule has 2 N–H and O–H groups in total. The molecule has 6 nitrogen and oxygen atoms in total. The molecule has 0 radical (unpaired) electrons. The summed E-state index contributed by atoms with van der Waals surface area (Å²) in [6.07, 6.45) is 2.90. The molecule has 0 bridgehead atoms. The van der Waals surface area contributed by atoms with E-state index in [1.165, 1.54) is 0 Å². The van der Waals surface area contributed by atoms with Crippen molar-refractivity contribution in [1.82, 2.24) is 15.2 Å². The fraction of sp³-hybridized carbons (Fsp3) is 0.667. The standard InChI is InChI=1S/C9H14N4O2/c1-2-15-9-11-8(12-13-9)10-7(14)5-6-3-4-6/h6H,2-5H2,1H3,(H2,10,11,12,13,14). The second-order valence-electron chi connectivity index (χ2n) is 3.60. The zero-order valence-electron chi connectivity index (χ0n) is 8.62. The molecule has 82 valence electrons. The molecule has 1 aliphatic carbocycles. The van der Waals surface area contributed by atoms with Crippen LogP contribution in [0, 0.1) is 5.92 Å². The van der Waals surface area contributed by atoms with Crippen LogP contribution in [-0.4, -0.2) is 27.7 Å². The summed E-state index contributed by atoms with van der Waals surface area (Å²) in [5.41, 5.74) is 0. The van der Waals surface area contributed by atoms with Crippen molar-refractivity contribution in [3.05, 3.63) is 0 Å². The van der Waals surface area contributed by atoms with Gasteiger partial charge in [0.25, 0.3) is 0 Å². The Morgan fingerprint density at radius 2 is 2.47 bits per heavy atom. The topological polar surface area (TPSA) is 79.9 Å². The monoisotopic (exact) mass is 210 g/mol. The number of amides is 1. The Morgan fingerprint density at radius 1 is 1.67 bits per heavy atom. The van der Waals surface area contributed by atoms with Crippen LogP contribution in [0.1, 0.15) is 26.2 Å². The maximum absolute atomic E-state index is 11.4. The first-order valence-corrected chi connectivity index (χ1v) is 5.13. The third-order valence-electron chi connectivity index (χ3n) is 2.17. The van der Waals surface area contributed by atoms with Crippen molar-refractivity contribution in [3.63, 3.8) is 0 Å². The van der Waals surface area contributed by atoms with Crippen LogP contribution >= 0.6 is 0 Å². The van der Waals surface area contributed by atoms with E-state index in [1.54, 1.807) is 0 Å². The van der Waals surface area contributed by atoms with Crippen molar-refractivity contribution < 1.29 is 9.53 Å². The lowest BCUT2D eigenvalue weighted by molar-refractivity contribution is -0.116. The lowest BCUT2D eigenvalue weighted by atomic mass is 10.3. The lowest BCUT2D eigenvalue weighted by Crippen LogP contribution is -2.13. The van der Waals surface area contributed by atoms with Gasteiger partial charge in [-0.25, -0.2) is 5.10 Å². The lowest BCUT2D eigenvalue weighted by Gasteiger charge is -1.98. The van der Waals surface area contributed by atoms with Crippen LogP contribution in [0.5, 0.6) is 6.01 Å². The van der Waals surface area contributed by atoms with Crippen molar-refractivity contribution in [2.24, 2.45) is 5.92 Å². The summed E-state index contributed by atoms with van der Waals surface area (Å²) >= 11 is 0. The van der Waals surface area contributed by atoms with E-state index in [9.17, 15) is 4.79 Å². The predicted molar refractivity (Wildman–Crippen MR) is 53.5 cm³/mol. The number of nitrogens with one attached hydrogen (secondary N) is 2. The minimum absolute atomic E-state index is 0.0169. The van der Waals surface area contributed by atoms with Gasteiger partial charge in [0.05, 0.1) is 6.61 Å². The number of rotatable bonds is 5. The van der Waals surface area contributed by atoms with Gasteiger partial charge in [0.1, 0.15) is 0 Å². The van der Waals surface area contributed by atoms with Crippen molar-refractivity contribution in [2.75, 3.05) is 11.9 Å². The smallest absolute Gasteiger partial charge is 0.337 e. The minimum atomic E-state index is -0.0169. The van der Waals surface area contributed by atoms with E-state index in [0.29, 0.717) is 24.9 Å². The summed E-state index contributed by atoms with van der Waals surface area (Å²) < 4.78 is 5.06. The van der Waals surface area contributed by atoms with E-state index in [0.717, 1.165) is 12.8 Å². The number of carbonyl (C=O) groups excluding carboxylic acids is 1. The zero-order chi connectivity index (χ0) is 10.7. The van der Waals surface area contributed by atoms with E-state index in [4.69, 9.17) is 4.74 Å². The van der Waals surface area contributed by atoms with Gasteiger partial charge in [0, 0.05) is 6.42 Å². The Hall–Kier alpha value is -1.59. The normalized spacial score (nSPS) is 15.0. The fourth-order valence-corrected chi connectivity index (χ4v) is 1.26. The average Bonchev–Trinajstić information content (AvgIpc) is 2.88. The van der Waals surface area contributed by atoms with E-state index < -0.39 is 0 Å². The van der Waals surface area contributed by atoms with Gasteiger partial charge < -0.3 is 4.74 Å². The number of hydrogen-bond acceptors (Lipinski definition) is 4. The van der Waals surface area contributed by atoms with Gasteiger partial charge in [-0.05, 0) is 25.7 Å². The Kier molecular flexibility index (Phi) is 2.84. The first-order valence-electron chi connectivity index (χ1n) is 5.13. The molecule has 0 atom stereocenters. The van der Waals surface area contributed by atoms with Gasteiger partial charge in [0.15, 0.2) is 0 Å². The maximum atomic E-state index is 11.4. The van der Waals surface area contributed by atoms with Gasteiger partial charge in [-0.15, -0.1) is 5.10 Å². The molecule has 1 aromatic rings. The highest BCUT2D eigenvalue weighted by molar-refractivity contribution is 5.89. The zero-order valence-corrected chi connectivity index (χ0v) is 8.62. The fourth-order valence-electron chi connectivity index (χ4n) is 1.26. The number of aromatic nitrogens is 3. The first-order chi connectivity index (χ1) is 7.28. The van der Waals surface area contributed by atoms with Gasteiger partial charge in [-0.1, -0.05) is 0 Å². The SMILES string of the molecule is CCOc1n[nH]c(NC(=O)CC2CC2)n1. The highest BCUT2D eigenvalue weighted by Crippen LogP contribution is 2.32. The van der Waals surface area contributed by atoms with Crippen molar-refractivity contribution in [1.29, 1.82) is 0 Å². The number of ether oxygens (including phenoxy) is 1. The van der Waals surface area contributed by atoms with Crippen LogP contribution in [0.15, 0.2) is 0 Å². The third-order valence-corrected chi connectivity index (χ3v) is 2.17. The molecule has 1 aromatic heterocycles. The molecular formula is C9H14N4O2. The molecule has 0 aromatic carbocycles. The molecule has 0 aliphatic heterocycles. The Labute approximate surface area is 87.4 Å². The Morgan fingerprint density at radius 3 is 3.13 bits per heavy atom. The molecular weight excluding hydrogens is 196 g/mol. The summed E-state index contributed by atoms with van der Waals surface area (Å²) in [5.74, 6) is 0.903. The Balaban J connectivity index is 1.83. The summed E-state index contributed by atoms with van der Waals surface area (Å²) in [4.78, 5) is 15.3. The molecule has 2 rings (SSSR count). The van der Waals surface area contributed by atoms with Crippen molar-refractivity contribution >= 4 is 11.9 Å². The van der Waals surface area contributed by atoms with E-state index >= 15 is 0 Å². The quantitative estimate of drug-likeness (QED) is 0.758. The largest absolute Gasteiger partial charge is 0.463 e. The van der Waals surface area contributed by atoms with Gasteiger partial charge in [0.2, 0.25) is 11.9 Å². The predicted octanol–water partition coefficient (Wildman–Crippen LogP) is 0.942. The van der Waals surface area contributed by atoms with Gasteiger partial charge in [-0.2, -0.15) is 4.98 Å². The van der Waals surface area contributed by atoms with Crippen LogP contribution in [0.3, 0.4) is 0 Å². The summed E-state index contributed by atoms with van der Waals surface area (Å²) in [6, 6.07) is 0.263. The molecule has 0 saturated heterocycles. The summed E-state index contributed by atoms with van der Waals surface area (Å²) in [7, 11) is 0. The number of anilines is 1. The van der Waals surface area contributed by atoms with Crippen molar-refractivity contribution in [2.45, 2.75) is 26.2 Å². The third kappa shape index (κ3) is 2.93. The van der Waals surface area contributed by atoms with Gasteiger partial charge in [-0.3, -0.25) is 10.1 Å². The molecule has 1 heterocycles. The Bertz CT molecular complexity index is 346. The second kappa shape index (κ2) is 4.29. The summed E-state index contributed by atoms with van der Waals surface area (Å²) in [6.45, 7) is 2.36. The minimum Gasteiger partial charge on any atom is -0.463 e. The summed E-state index contributed by atoms with van der Waals surface area (Å²) in [5, 5.41) is 9.02. The number of nitrogens with zero attached hydrogens (tertiary/aromatic N) is 2. The first kappa shape index (κ1) is 9.95. The highest BCUT2D eigenvalue weighted by atomic mass is 16.5. The number of carbonyl (C=O) groups is 1. The number of aromatic amines is 1. The second-order valence-corrected chi connectivity index (χ2v) is 3.60. The number of hydrogen-bond donors (Lipinski definition) is 2. The maximum Gasteiger partial charge on any atom is 0.337 e. The molecule has 6 heteroatoms. The molecule has 1 amide bonds. The van der Waals surface area contributed by atoms with Crippen molar-refractivity contribution in [3.8, 4) is 6.01 Å². The molecule has 0 unspecified atom stereocenters. The van der Waals surface area contributed by atoms with Crippen LogP contribution in [0.25, 0.3) is 0 Å². The van der Waals surface area contributed by atoms with Crippen LogP contribution in [-0.2, 0) is 4.79 Å². The van der Waals surface area contributed by atoms with E-state index in [-0.39, 0.29) is 11.9 Å². The van der Waals surface area contributed by atoms with E-state index in [1.807, 2.05) is 6.92 Å². The van der Waals surface area contributed by atoms with Crippen LogP contribution in [0.2, 0.25) is 0 Å². The number of H-pyrrole nitrogens is 1.